The van der Waals surface area contributed by atoms with Gasteiger partial charge in [0.25, 0.3) is 0 Å². The highest BCUT2D eigenvalue weighted by molar-refractivity contribution is 6.01. The number of halogens is 1. The van der Waals surface area contributed by atoms with Gasteiger partial charge >= 0.3 is 0 Å². The minimum atomic E-state index is -0.347. The van der Waals surface area contributed by atoms with Crippen LogP contribution in [0.3, 0.4) is 0 Å². The summed E-state index contributed by atoms with van der Waals surface area (Å²) in [6, 6.07) is 11.0. The molecule has 0 saturated heterocycles. The summed E-state index contributed by atoms with van der Waals surface area (Å²) >= 11 is 0. The maximum absolute atomic E-state index is 12.8. The third kappa shape index (κ3) is 5.43. The van der Waals surface area contributed by atoms with Crippen molar-refractivity contribution in [3.63, 3.8) is 0 Å². The molecule has 1 amide bonds. The molecule has 4 nitrogen and oxygen atoms in total. The van der Waals surface area contributed by atoms with Crippen LogP contribution in [-0.2, 0) is 4.79 Å². The van der Waals surface area contributed by atoms with Gasteiger partial charge in [-0.15, -0.1) is 0 Å². The number of nitrogens with one attached hydrogen (secondary N) is 1. The number of benzene rings is 2. The van der Waals surface area contributed by atoms with E-state index in [1.54, 1.807) is 18.2 Å². The first kappa shape index (κ1) is 17.5. The van der Waals surface area contributed by atoms with Gasteiger partial charge < -0.3 is 15.8 Å². The summed E-state index contributed by atoms with van der Waals surface area (Å²) in [5, 5.41) is 2.65. The third-order valence-electron chi connectivity index (χ3n) is 3.33. The van der Waals surface area contributed by atoms with Gasteiger partial charge in [-0.25, -0.2) is 4.39 Å². The molecule has 0 fully saturated rings. The zero-order valence-corrected chi connectivity index (χ0v) is 13.6. The molecule has 5 heteroatoms. The normalized spacial score (nSPS) is 10.8. The van der Waals surface area contributed by atoms with E-state index in [2.05, 4.69) is 12.2 Å². The Labute approximate surface area is 141 Å². The molecule has 3 N–H and O–H groups in total. The first-order valence-corrected chi connectivity index (χ1v) is 7.85. The van der Waals surface area contributed by atoms with Crippen LogP contribution in [0, 0.1) is 5.82 Å². The van der Waals surface area contributed by atoms with Gasteiger partial charge in [-0.3, -0.25) is 4.79 Å². The number of hydrogen-bond acceptors (Lipinski definition) is 3. The van der Waals surface area contributed by atoms with E-state index in [4.69, 9.17) is 10.5 Å². The quantitative estimate of drug-likeness (QED) is 0.454. The van der Waals surface area contributed by atoms with Crippen molar-refractivity contribution in [2.45, 2.75) is 19.8 Å². The van der Waals surface area contributed by atoms with Crippen LogP contribution >= 0.6 is 0 Å². The van der Waals surface area contributed by atoms with Crippen LogP contribution in [0.5, 0.6) is 5.75 Å². The number of ether oxygens (including phenoxy) is 1. The lowest BCUT2D eigenvalue weighted by Gasteiger charge is -2.08. The van der Waals surface area contributed by atoms with Gasteiger partial charge in [-0.05, 0) is 54.5 Å². The van der Waals surface area contributed by atoms with Gasteiger partial charge in [0, 0.05) is 11.8 Å². The summed E-state index contributed by atoms with van der Waals surface area (Å²) in [6.07, 6.45) is 5.09. The lowest BCUT2D eigenvalue weighted by atomic mass is 10.1. The standard InChI is InChI=1S/C19H21FN2O2/c1-2-3-12-24-18-10-4-14(13-17(18)21)5-11-19(23)22-16-8-6-15(20)7-9-16/h4-11,13H,2-3,12,21H2,1H3,(H,22,23)/b11-5-. The Balaban J connectivity index is 1.94. The van der Waals surface area contributed by atoms with Gasteiger partial charge in [0.15, 0.2) is 0 Å². The fourth-order valence-corrected chi connectivity index (χ4v) is 2.02. The molecule has 0 bridgehead atoms. The number of amides is 1. The molecule has 0 unspecified atom stereocenters. The second kappa shape index (κ2) is 8.72. The number of unbranched alkanes of at least 4 members (excludes halogenated alkanes) is 1. The summed E-state index contributed by atoms with van der Waals surface area (Å²) < 4.78 is 18.4. The number of carbonyl (C=O) groups is 1. The fraction of sp³-hybridized carbons (Fsp3) is 0.211. The molecule has 24 heavy (non-hydrogen) atoms. The maximum Gasteiger partial charge on any atom is 0.248 e. The van der Waals surface area contributed by atoms with Crippen LogP contribution < -0.4 is 15.8 Å². The van der Waals surface area contributed by atoms with E-state index >= 15 is 0 Å². The molecule has 2 aromatic carbocycles. The zero-order chi connectivity index (χ0) is 17.4. The van der Waals surface area contributed by atoms with Crippen molar-refractivity contribution in [1.29, 1.82) is 0 Å². The highest BCUT2D eigenvalue weighted by Crippen LogP contribution is 2.23. The molecule has 0 radical (unpaired) electrons. The van der Waals surface area contributed by atoms with E-state index in [-0.39, 0.29) is 11.7 Å². The second-order valence-corrected chi connectivity index (χ2v) is 5.33. The lowest BCUT2D eigenvalue weighted by molar-refractivity contribution is -0.111. The molecule has 0 spiro atoms. The molecule has 0 aliphatic rings. The SMILES string of the molecule is CCCCOc1ccc(/C=C\C(=O)Nc2ccc(F)cc2)cc1N. The van der Waals surface area contributed by atoms with Crippen molar-refractivity contribution in [3.05, 3.63) is 59.9 Å². The Bertz CT molecular complexity index is 712. The molecule has 2 rings (SSSR count). The second-order valence-electron chi connectivity index (χ2n) is 5.33. The molecular formula is C19H21FN2O2. The Kier molecular flexibility index (Phi) is 6.37. The topological polar surface area (TPSA) is 64.3 Å². The van der Waals surface area contributed by atoms with Gasteiger partial charge in [0.2, 0.25) is 5.91 Å². The van der Waals surface area contributed by atoms with Crippen molar-refractivity contribution < 1.29 is 13.9 Å². The first-order chi connectivity index (χ1) is 11.6. The van der Waals surface area contributed by atoms with Gasteiger partial charge in [-0.2, -0.15) is 0 Å². The Morgan fingerprint density at radius 1 is 1.25 bits per heavy atom. The van der Waals surface area contributed by atoms with Crippen molar-refractivity contribution in [2.75, 3.05) is 17.7 Å². The van der Waals surface area contributed by atoms with Crippen molar-refractivity contribution in [1.82, 2.24) is 0 Å². The average molecular weight is 328 g/mol. The molecule has 2 aromatic rings. The van der Waals surface area contributed by atoms with Crippen LogP contribution in [0.4, 0.5) is 15.8 Å². The lowest BCUT2D eigenvalue weighted by Crippen LogP contribution is -2.07. The van der Waals surface area contributed by atoms with Crippen LogP contribution in [0.2, 0.25) is 0 Å². The minimum Gasteiger partial charge on any atom is -0.491 e. The molecule has 126 valence electrons. The summed E-state index contributed by atoms with van der Waals surface area (Å²) in [5.41, 5.74) is 7.82. The summed E-state index contributed by atoms with van der Waals surface area (Å²) in [6.45, 7) is 2.73. The van der Waals surface area contributed by atoms with Crippen LogP contribution in [-0.4, -0.2) is 12.5 Å². The van der Waals surface area contributed by atoms with Crippen LogP contribution in [0.25, 0.3) is 6.08 Å². The molecule has 0 aromatic heterocycles. The zero-order valence-electron chi connectivity index (χ0n) is 13.6. The summed E-state index contributed by atoms with van der Waals surface area (Å²) in [5.74, 6) is 0.0000716. The average Bonchev–Trinajstić information content (AvgIpc) is 2.57. The van der Waals surface area contributed by atoms with E-state index in [0.29, 0.717) is 23.7 Å². The van der Waals surface area contributed by atoms with E-state index in [1.165, 1.54) is 30.3 Å². The van der Waals surface area contributed by atoms with Gasteiger partial charge in [0.1, 0.15) is 11.6 Å². The van der Waals surface area contributed by atoms with Crippen LogP contribution in [0.1, 0.15) is 25.3 Å². The third-order valence-corrected chi connectivity index (χ3v) is 3.33. The fourth-order valence-electron chi connectivity index (χ4n) is 2.02. The number of hydrogen-bond donors (Lipinski definition) is 2. The highest BCUT2D eigenvalue weighted by atomic mass is 19.1. The van der Waals surface area contributed by atoms with Crippen molar-refractivity contribution >= 4 is 23.4 Å². The van der Waals surface area contributed by atoms with Crippen LogP contribution in [0.15, 0.2) is 48.5 Å². The Hall–Kier alpha value is -2.82. The molecule has 0 aliphatic carbocycles. The summed E-state index contributed by atoms with van der Waals surface area (Å²) in [4.78, 5) is 11.8. The van der Waals surface area contributed by atoms with Crippen molar-refractivity contribution in [2.24, 2.45) is 0 Å². The molecule has 0 heterocycles. The molecule has 0 saturated carbocycles. The first-order valence-electron chi connectivity index (χ1n) is 7.85. The largest absolute Gasteiger partial charge is 0.491 e. The number of carbonyl (C=O) groups excluding carboxylic acids is 1. The predicted molar refractivity (Wildman–Crippen MR) is 95.3 cm³/mol. The number of rotatable bonds is 7. The number of anilines is 2. The van der Waals surface area contributed by atoms with Gasteiger partial charge in [0.05, 0.1) is 12.3 Å². The molecule has 0 atom stereocenters. The molecule has 0 aliphatic heterocycles. The number of nitrogen functional groups attached to an aromatic ring is 1. The smallest absolute Gasteiger partial charge is 0.248 e. The maximum atomic E-state index is 12.8. The van der Waals surface area contributed by atoms with Gasteiger partial charge in [-0.1, -0.05) is 19.4 Å². The monoisotopic (exact) mass is 328 g/mol. The Morgan fingerprint density at radius 3 is 2.67 bits per heavy atom. The van der Waals surface area contributed by atoms with E-state index in [0.717, 1.165) is 18.4 Å². The highest BCUT2D eigenvalue weighted by Gasteiger charge is 2.02. The van der Waals surface area contributed by atoms with E-state index in [9.17, 15) is 9.18 Å². The van der Waals surface area contributed by atoms with E-state index < -0.39 is 0 Å². The Morgan fingerprint density at radius 2 is 2.00 bits per heavy atom. The number of nitrogens with two attached hydrogens (primary N) is 1. The minimum absolute atomic E-state index is 0.302. The van der Waals surface area contributed by atoms with E-state index in [1.807, 2.05) is 6.07 Å². The molecular weight excluding hydrogens is 307 g/mol. The van der Waals surface area contributed by atoms with Crippen molar-refractivity contribution in [3.8, 4) is 5.75 Å². The summed E-state index contributed by atoms with van der Waals surface area (Å²) in [7, 11) is 0. The predicted octanol–water partition coefficient (Wildman–Crippen LogP) is 4.24.